The van der Waals surface area contributed by atoms with Gasteiger partial charge in [0.1, 0.15) is 0 Å². The second-order valence-corrected chi connectivity index (χ2v) is 4.84. The van der Waals surface area contributed by atoms with Crippen molar-refractivity contribution in [3.63, 3.8) is 0 Å². The minimum Gasteiger partial charge on any atom is -0.330 e. The van der Waals surface area contributed by atoms with Crippen molar-refractivity contribution in [3.8, 4) is 0 Å². The third-order valence-corrected chi connectivity index (χ3v) is 3.62. The first-order valence-electron chi connectivity index (χ1n) is 5.08. The van der Waals surface area contributed by atoms with E-state index in [1.54, 1.807) is 0 Å². The van der Waals surface area contributed by atoms with Crippen molar-refractivity contribution < 1.29 is 0 Å². The number of rotatable bonds is 4. The van der Waals surface area contributed by atoms with Crippen LogP contribution in [-0.4, -0.2) is 6.54 Å². The van der Waals surface area contributed by atoms with Crippen LogP contribution in [0, 0.1) is 11.8 Å². The molecule has 0 aliphatic rings. The summed E-state index contributed by atoms with van der Waals surface area (Å²) < 4.78 is 1.20. The molecule has 2 unspecified atom stereocenters. The molecule has 2 N–H and O–H groups in total. The van der Waals surface area contributed by atoms with Crippen LogP contribution in [0.3, 0.4) is 0 Å². The van der Waals surface area contributed by atoms with Crippen molar-refractivity contribution in [1.82, 2.24) is 0 Å². The van der Waals surface area contributed by atoms with Gasteiger partial charge in [-0.15, -0.1) is 0 Å². The molecule has 0 bridgehead atoms. The van der Waals surface area contributed by atoms with Gasteiger partial charge in [-0.05, 0) is 36.4 Å². The monoisotopic (exact) mass is 255 g/mol. The molecular formula is C12H18BrN. The van der Waals surface area contributed by atoms with E-state index >= 15 is 0 Å². The van der Waals surface area contributed by atoms with Crippen molar-refractivity contribution in [2.24, 2.45) is 17.6 Å². The van der Waals surface area contributed by atoms with E-state index in [2.05, 4.69) is 48.0 Å². The van der Waals surface area contributed by atoms with Crippen molar-refractivity contribution in [3.05, 3.63) is 34.3 Å². The molecule has 0 saturated heterocycles. The predicted molar refractivity (Wildman–Crippen MR) is 65.2 cm³/mol. The molecule has 0 heterocycles. The lowest BCUT2D eigenvalue weighted by Gasteiger charge is -2.18. The van der Waals surface area contributed by atoms with Crippen LogP contribution in [0.25, 0.3) is 0 Å². The Kier molecular flexibility index (Phi) is 4.63. The van der Waals surface area contributed by atoms with Crippen LogP contribution in [0.15, 0.2) is 28.7 Å². The molecule has 0 fully saturated rings. The fourth-order valence-corrected chi connectivity index (χ4v) is 1.89. The molecule has 1 nitrogen and oxygen atoms in total. The fourth-order valence-electron chi connectivity index (χ4n) is 1.44. The molecule has 1 aromatic rings. The summed E-state index contributed by atoms with van der Waals surface area (Å²) in [6, 6.07) is 8.39. The molecule has 0 aromatic heterocycles. The Morgan fingerprint density at radius 3 is 2.43 bits per heavy atom. The van der Waals surface area contributed by atoms with Crippen molar-refractivity contribution in [1.29, 1.82) is 0 Å². The molecule has 1 aromatic carbocycles. The van der Waals surface area contributed by atoms with E-state index in [9.17, 15) is 0 Å². The van der Waals surface area contributed by atoms with Crippen LogP contribution in [0.5, 0.6) is 0 Å². The molecule has 0 aliphatic heterocycles. The summed E-state index contributed by atoms with van der Waals surface area (Å²) in [5.41, 5.74) is 7.03. The average Bonchev–Trinajstić information content (AvgIpc) is 2.20. The Morgan fingerprint density at radius 1 is 1.21 bits per heavy atom. The third kappa shape index (κ3) is 3.10. The highest BCUT2D eigenvalue weighted by atomic mass is 79.9. The average molecular weight is 256 g/mol. The van der Waals surface area contributed by atoms with Gasteiger partial charge in [-0.1, -0.05) is 48.0 Å². The third-order valence-electron chi connectivity index (χ3n) is 2.84. The van der Waals surface area contributed by atoms with Crippen LogP contribution in [0.2, 0.25) is 0 Å². The standard InChI is InChI=1S/C12H18BrN/c1-9(10(2)8-14)7-11-5-3-4-6-12(11)13/h3-6,9-10H,7-8,14H2,1-2H3. The smallest absolute Gasteiger partial charge is 0.0207 e. The molecule has 2 atom stereocenters. The van der Waals surface area contributed by atoms with Gasteiger partial charge in [-0.3, -0.25) is 0 Å². The highest BCUT2D eigenvalue weighted by Gasteiger charge is 2.12. The fraction of sp³-hybridized carbons (Fsp3) is 0.500. The molecule has 0 amide bonds. The van der Waals surface area contributed by atoms with Gasteiger partial charge < -0.3 is 5.73 Å². The minimum absolute atomic E-state index is 0.585. The second-order valence-electron chi connectivity index (χ2n) is 3.99. The summed E-state index contributed by atoms with van der Waals surface area (Å²) >= 11 is 3.56. The first-order chi connectivity index (χ1) is 6.65. The van der Waals surface area contributed by atoms with Crippen LogP contribution < -0.4 is 5.73 Å². The van der Waals surface area contributed by atoms with Crippen LogP contribution >= 0.6 is 15.9 Å². The van der Waals surface area contributed by atoms with Crippen LogP contribution in [0.4, 0.5) is 0 Å². The lowest BCUT2D eigenvalue weighted by atomic mass is 9.90. The van der Waals surface area contributed by atoms with Crippen molar-refractivity contribution in [2.75, 3.05) is 6.54 Å². The van der Waals surface area contributed by atoms with Gasteiger partial charge in [0.05, 0.1) is 0 Å². The predicted octanol–water partition coefficient (Wildman–Crippen LogP) is 3.22. The number of hydrogen-bond donors (Lipinski definition) is 1. The maximum absolute atomic E-state index is 5.65. The van der Waals surface area contributed by atoms with E-state index in [0.29, 0.717) is 11.8 Å². The summed E-state index contributed by atoms with van der Waals surface area (Å²) in [4.78, 5) is 0. The molecule has 0 spiro atoms. The van der Waals surface area contributed by atoms with Crippen molar-refractivity contribution in [2.45, 2.75) is 20.3 Å². The maximum atomic E-state index is 5.65. The zero-order chi connectivity index (χ0) is 10.6. The van der Waals surface area contributed by atoms with E-state index in [0.717, 1.165) is 13.0 Å². The van der Waals surface area contributed by atoms with E-state index < -0.39 is 0 Å². The van der Waals surface area contributed by atoms with E-state index in [1.807, 2.05) is 6.07 Å². The van der Waals surface area contributed by atoms with Gasteiger partial charge in [0, 0.05) is 4.47 Å². The highest BCUT2D eigenvalue weighted by molar-refractivity contribution is 9.10. The largest absolute Gasteiger partial charge is 0.330 e. The van der Waals surface area contributed by atoms with Crippen LogP contribution in [0.1, 0.15) is 19.4 Å². The summed E-state index contributed by atoms with van der Waals surface area (Å²) in [6.07, 6.45) is 1.10. The van der Waals surface area contributed by atoms with E-state index in [4.69, 9.17) is 5.73 Å². The quantitative estimate of drug-likeness (QED) is 0.879. The normalized spacial score (nSPS) is 15.1. The summed E-state index contributed by atoms with van der Waals surface area (Å²) in [6.45, 7) is 5.24. The summed E-state index contributed by atoms with van der Waals surface area (Å²) in [5, 5.41) is 0. The molecule has 2 heteroatoms. The van der Waals surface area contributed by atoms with Gasteiger partial charge in [-0.2, -0.15) is 0 Å². The topological polar surface area (TPSA) is 26.0 Å². The number of nitrogens with two attached hydrogens (primary N) is 1. The SMILES string of the molecule is CC(CN)C(C)Cc1ccccc1Br. The Balaban J connectivity index is 2.64. The molecular weight excluding hydrogens is 238 g/mol. The van der Waals surface area contributed by atoms with Gasteiger partial charge >= 0.3 is 0 Å². The molecule has 0 radical (unpaired) electrons. The summed E-state index contributed by atoms with van der Waals surface area (Å²) in [5.74, 6) is 1.22. The Morgan fingerprint density at radius 2 is 1.86 bits per heavy atom. The Labute approximate surface area is 94.8 Å². The Hall–Kier alpha value is -0.340. The number of hydrogen-bond acceptors (Lipinski definition) is 1. The van der Waals surface area contributed by atoms with Gasteiger partial charge in [0.2, 0.25) is 0 Å². The molecule has 0 aliphatic carbocycles. The second kappa shape index (κ2) is 5.52. The van der Waals surface area contributed by atoms with E-state index in [-0.39, 0.29) is 0 Å². The molecule has 78 valence electrons. The molecule has 14 heavy (non-hydrogen) atoms. The van der Waals surface area contributed by atoms with E-state index in [1.165, 1.54) is 10.0 Å². The lowest BCUT2D eigenvalue weighted by molar-refractivity contribution is 0.394. The highest BCUT2D eigenvalue weighted by Crippen LogP contribution is 2.22. The Bertz CT molecular complexity index is 285. The van der Waals surface area contributed by atoms with Crippen molar-refractivity contribution >= 4 is 15.9 Å². The van der Waals surface area contributed by atoms with Gasteiger partial charge in [0.15, 0.2) is 0 Å². The zero-order valence-electron chi connectivity index (χ0n) is 8.83. The summed E-state index contributed by atoms with van der Waals surface area (Å²) in [7, 11) is 0. The zero-order valence-corrected chi connectivity index (χ0v) is 10.4. The van der Waals surface area contributed by atoms with Gasteiger partial charge in [0.25, 0.3) is 0 Å². The number of halogens is 1. The van der Waals surface area contributed by atoms with Gasteiger partial charge in [-0.25, -0.2) is 0 Å². The lowest BCUT2D eigenvalue weighted by Crippen LogP contribution is -2.20. The first-order valence-corrected chi connectivity index (χ1v) is 5.88. The first kappa shape index (κ1) is 11.7. The minimum atomic E-state index is 0.585. The van der Waals surface area contributed by atoms with Crippen LogP contribution in [-0.2, 0) is 6.42 Å². The molecule has 0 saturated carbocycles. The molecule has 1 rings (SSSR count). The maximum Gasteiger partial charge on any atom is 0.0207 e. The number of benzene rings is 1.